The third-order valence-electron chi connectivity index (χ3n) is 4.68. The molecule has 0 saturated carbocycles. The van der Waals surface area contributed by atoms with Gasteiger partial charge in [-0.05, 0) is 37.8 Å². The van der Waals surface area contributed by atoms with E-state index >= 15 is 0 Å². The summed E-state index contributed by atoms with van der Waals surface area (Å²) in [4.78, 5) is 45.7. The summed E-state index contributed by atoms with van der Waals surface area (Å²) in [5, 5.41) is 36.0. The van der Waals surface area contributed by atoms with Crippen molar-refractivity contribution in [3.8, 4) is 11.3 Å². The highest BCUT2D eigenvalue weighted by atomic mass is 16.4. The summed E-state index contributed by atoms with van der Waals surface area (Å²) >= 11 is 0. The van der Waals surface area contributed by atoms with Crippen molar-refractivity contribution in [2.75, 3.05) is 18.4 Å². The van der Waals surface area contributed by atoms with Gasteiger partial charge in [0.25, 0.3) is 0 Å². The molecule has 2 rings (SSSR count). The minimum absolute atomic E-state index is 0.0869. The van der Waals surface area contributed by atoms with Crippen molar-refractivity contribution in [2.24, 2.45) is 7.05 Å². The smallest absolute Gasteiger partial charge is 0.326 e. The topological polar surface area (TPSA) is 188 Å². The first-order valence-electron chi connectivity index (χ1n) is 10.7. The van der Waals surface area contributed by atoms with Crippen LogP contribution in [0.15, 0.2) is 30.5 Å². The first kappa shape index (κ1) is 26.1. The fourth-order valence-electron chi connectivity index (χ4n) is 2.99. The molecule has 0 spiro atoms. The van der Waals surface area contributed by atoms with E-state index in [-0.39, 0.29) is 25.8 Å². The Kier molecular flexibility index (Phi) is 10.3. The number of aryl methyl sites for hydroxylation is 1. The van der Waals surface area contributed by atoms with Crippen molar-refractivity contribution >= 4 is 29.7 Å². The SMILES string of the molecule is Cn1cc(-c2cccc(NC(=O)NCCCC[C@H](NC(=O)NCCCC(=O)O)C(=O)O)c2)nn1. The lowest BCUT2D eigenvalue weighted by Gasteiger charge is -2.15. The van der Waals surface area contributed by atoms with Crippen LogP contribution in [0.2, 0.25) is 0 Å². The maximum Gasteiger partial charge on any atom is 0.326 e. The molecule has 0 fully saturated rings. The molecule has 1 atom stereocenters. The maximum absolute atomic E-state index is 12.1. The van der Waals surface area contributed by atoms with Crippen LogP contribution < -0.4 is 21.3 Å². The summed E-state index contributed by atoms with van der Waals surface area (Å²) < 4.78 is 1.58. The number of aliphatic carboxylic acids is 2. The van der Waals surface area contributed by atoms with Crippen molar-refractivity contribution in [2.45, 2.75) is 38.1 Å². The standard InChI is InChI=1S/C21H29N7O6/c1-28-13-17(26-27-28)14-6-4-7-15(12-14)24-20(33)22-10-3-2-8-16(19(31)32)25-21(34)23-11-5-9-18(29)30/h4,6-7,12-13,16H,2-3,5,8-11H2,1H3,(H,29,30)(H,31,32)(H2,22,24,33)(H2,23,25,34)/t16-/m0/s1. The fraction of sp³-hybridized carbons (Fsp3) is 0.429. The molecule has 13 heteroatoms. The number of carbonyl (C=O) groups excluding carboxylic acids is 2. The molecule has 0 radical (unpaired) electrons. The molecule has 34 heavy (non-hydrogen) atoms. The van der Waals surface area contributed by atoms with Crippen LogP contribution >= 0.6 is 0 Å². The van der Waals surface area contributed by atoms with Gasteiger partial charge in [-0.2, -0.15) is 0 Å². The molecule has 1 aromatic carbocycles. The van der Waals surface area contributed by atoms with Crippen LogP contribution in [0, 0.1) is 0 Å². The van der Waals surface area contributed by atoms with Crippen LogP contribution in [-0.4, -0.2) is 68.3 Å². The third-order valence-corrected chi connectivity index (χ3v) is 4.68. The van der Waals surface area contributed by atoms with Gasteiger partial charge < -0.3 is 31.5 Å². The van der Waals surface area contributed by atoms with Crippen LogP contribution in [0.1, 0.15) is 32.1 Å². The number of hydrogen-bond acceptors (Lipinski definition) is 6. The van der Waals surface area contributed by atoms with Gasteiger partial charge in [-0.1, -0.05) is 17.3 Å². The average molecular weight is 476 g/mol. The lowest BCUT2D eigenvalue weighted by atomic mass is 10.1. The summed E-state index contributed by atoms with van der Waals surface area (Å²) in [6.07, 6.45) is 3.08. The Hall–Kier alpha value is -4.16. The van der Waals surface area contributed by atoms with E-state index in [1.165, 1.54) is 0 Å². The number of benzene rings is 1. The first-order valence-corrected chi connectivity index (χ1v) is 10.7. The molecule has 1 aromatic heterocycles. The normalized spacial score (nSPS) is 11.3. The van der Waals surface area contributed by atoms with Gasteiger partial charge in [0.05, 0.1) is 6.20 Å². The predicted molar refractivity (Wildman–Crippen MR) is 122 cm³/mol. The van der Waals surface area contributed by atoms with Gasteiger partial charge in [0.2, 0.25) is 0 Å². The van der Waals surface area contributed by atoms with E-state index in [2.05, 4.69) is 31.6 Å². The Bertz CT molecular complexity index is 993. The number of nitrogens with zero attached hydrogens (tertiary/aromatic N) is 3. The molecule has 0 bridgehead atoms. The Balaban J connectivity index is 1.67. The number of carboxylic acids is 2. The van der Waals surface area contributed by atoms with Gasteiger partial charge in [0.15, 0.2) is 0 Å². The first-order chi connectivity index (χ1) is 16.2. The highest BCUT2D eigenvalue weighted by molar-refractivity contribution is 5.90. The van der Waals surface area contributed by atoms with E-state index in [9.17, 15) is 24.3 Å². The molecule has 6 N–H and O–H groups in total. The Morgan fingerprint density at radius 2 is 1.76 bits per heavy atom. The van der Waals surface area contributed by atoms with Gasteiger partial charge in [0.1, 0.15) is 11.7 Å². The van der Waals surface area contributed by atoms with Gasteiger partial charge in [-0.25, -0.2) is 14.4 Å². The number of aromatic nitrogens is 3. The highest BCUT2D eigenvalue weighted by Gasteiger charge is 2.19. The Morgan fingerprint density at radius 1 is 1.03 bits per heavy atom. The van der Waals surface area contributed by atoms with E-state index < -0.39 is 30.0 Å². The van der Waals surface area contributed by atoms with E-state index in [0.717, 1.165) is 5.56 Å². The van der Waals surface area contributed by atoms with Crippen LogP contribution in [0.4, 0.5) is 15.3 Å². The molecular formula is C21H29N7O6. The molecule has 0 aliphatic heterocycles. The van der Waals surface area contributed by atoms with Crippen molar-refractivity contribution in [1.82, 2.24) is 30.9 Å². The predicted octanol–water partition coefficient (Wildman–Crippen LogP) is 1.39. The van der Waals surface area contributed by atoms with Crippen LogP contribution in [0.25, 0.3) is 11.3 Å². The summed E-state index contributed by atoms with van der Waals surface area (Å²) in [5.74, 6) is -2.14. The number of anilines is 1. The zero-order chi connectivity index (χ0) is 24.9. The quantitative estimate of drug-likeness (QED) is 0.234. The summed E-state index contributed by atoms with van der Waals surface area (Å²) in [5.41, 5.74) is 2.08. The molecule has 0 unspecified atom stereocenters. The minimum Gasteiger partial charge on any atom is -0.481 e. The molecule has 0 aliphatic rings. The van der Waals surface area contributed by atoms with Gasteiger partial charge in [0, 0.05) is 37.8 Å². The number of urea groups is 2. The lowest BCUT2D eigenvalue weighted by molar-refractivity contribution is -0.139. The average Bonchev–Trinajstić information content (AvgIpc) is 3.22. The molecule has 4 amide bonds. The minimum atomic E-state index is -1.17. The summed E-state index contributed by atoms with van der Waals surface area (Å²) in [6, 6.07) is 5.02. The largest absolute Gasteiger partial charge is 0.481 e. The van der Waals surface area contributed by atoms with E-state index in [1.807, 2.05) is 6.07 Å². The zero-order valence-electron chi connectivity index (χ0n) is 18.8. The molecule has 0 aliphatic carbocycles. The number of hydrogen-bond donors (Lipinski definition) is 6. The number of amides is 4. The lowest BCUT2D eigenvalue weighted by Crippen LogP contribution is -2.46. The number of unbranched alkanes of at least 4 members (excludes halogenated alkanes) is 1. The summed E-state index contributed by atoms with van der Waals surface area (Å²) in [7, 11) is 1.76. The van der Waals surface area contributed by atoms with Crippen molar-refractivity contribution in [1.29, 1.82) is 0 Å². The molecule has 13 nitrogen and oxygen atoms in total. The van der Waals surface area contributed by atoms with Crippen LogP contribution in [0.3, 0.4) is 0 Å². The van der Waals surface area contributed by atoms with Gasteiger partial charge in [-0.15, -0.1) is 5.10 Å². The van der Waals surface area contributed by atoms with E-state index in [1.54, 1.807) is 36.1 Å². The molecule has 2 aromatic rings. The maximum atomic E-state index is 12.1. The Labute approximate surface area is 195 Å². The number of carboxylic acid groups (broad SMARTS) is 2. The summed E-state index contributed by atoms with van der Waals surface area (Å²) in [6.45, 7) is 0.453. The van der Waals surface area contributed by atoms with Crippen LogP contribution in [-0.2, 0) is 16.6 Å². The van der Waals surface area contributed by atoms with E-state index in [4.69, 9.17) is 5.11 Å². The van der Waals surface area contributed by atoms with Crippen LogP contribution in [0.5, 0.6) is 0 Å². The second-order valence-corrected chi connectivity index (χ2v) is 7.52. The number of carbonyl (C=O) groups is 4. The second kappa shape index (κ2) is 13.4. The van der Waals surface area contributed by atoms with Crippen molar-refractivity contribution in [3.05, 3.63) is 30.5 Å². The molecule has 184 valence electrons. The number of rotatable bonds is 13. The number of nitrogens with one attached hydrogen (secondary N) is 4. The second-order valence-electron chi connectivity index (χ2n) is 7.52. The Morgan fingerprint density at radius 3 is 2.44 bits per heavy atom. The van der Waals surface area contributed by atoms with Crippen molar-refractivity contribution in [3.63, 3.8) is 0 Å². The molecule has 0 saturated heterocycles. The zero-order valence-corrected chi connectivity index (χ0v) is 18.8. The van der Waals surface area contributed by atoms with Gasteiger partial charge >= 0.3 is 24.0 Å². The van der Waals surface area contributed by atoms with Crippen molar-refractivity contribution < 1.29 is 29.4 Å². The molecular weight excluding hydrogens is 446 g/mol. The molecule has 1 heterocycles. The van der Waals surface area contributed by atoms with Gasteiger partial charge in [-0.3, -0.25) is 9.48 Å². The fourth-order valence-corrected chi connectivity index (χ4v) is 2.99. The third kappa shape index (κ3) is 9.54. The highest BCUT2D eigenvalue weighted by Crippen LogP contribution is 2.20. The monoisotopic (exact) mass is 475 g/mol. The van der Waals surface area contributed by atoms with E-state index in [0.29, 0.717) is 30.8 Å².